The molecule has 7 heteroatoms. The van der Waals surface area contributed by atoms with Gasteiger partial charge in [-0.05, 0) is 31.1 Å². The minimum absolute atomic E-state index is 0.0393. The molecule has 0 amide bonds. The number of ether oxygens (including phenoxy) is 2. The van der Waals surface area contributed by atoms with Gasteiger partial charge < -0.3 is 29.2 Å². The quantitative estimate of drug-likeness (QED) is 0.362. The van der Waals surface area contributed by atoms with E-state index in [4.69, 9.17) is 19.0 Å². The molecule has 1 heterocycles. The van der Waals surface area contributed by atoms with Crippen LogP contribution in [-0.4, -0.2) is 34.6 Å². The van der Waals surface area contributed by atoms with E-state index >= 15 is 0 Å². The lowest BCUT2D eigenvalue weighted by Gasteiger charge is -2.12. The number of hydrogen-bond donors (Lipinski definition) is 3. The van der Waals surface area contributed by atoms with Gasteiger partial charge in [-0.15, -0.1) is 0 Å². The molecule has 1 aromatic carbocycles. The smallest absolute Gasteiger partial charge is 0.383 e. The van der Waals surface area contributed by atoms with Gasteiger partial charge in [0.2, 0.25) is 0 Å². The molecule has 3 N–H and O–H groups in total. The van der Waals surface area contributed by atoms with E-state index in [-0.39, 0.29) is 34.8 Å². The summed E-state index contributed by atoms with van der Waals surface area (Å²) >= 11 is 0. The summed E-state index contributed by atoms with van der Waals surface area (Å²) in [6.45, 7) is 1.43. The van der Waals surface area contributed by atoms with Gasteiger partial charge in [0.15, 0.2) is 17.1 Å². The Morgan fingerprint density at radius 2 is 2.16 bits per heavy atom. The van der Waals surface area contributed by atoms with Crippen molar-refractivity contribution in [3.05, 3.63) is 41.0 Å². The highest BCUT2D eigenvalue weighted by Crippen LogP contribution is 2.35. The van der Waals surface area contributed by atoms with Crippen LogP contribution in [-0.2, 0) is 0 Å². The highest BCUT2D eigenvalue weighted by Gasteiger charge is 2.18. The van der Waals surface area contributed by atoms with E-state index in [0.717, 1.165) is 19.3 Å². The second-order valence-electron chi connectivity index (χ2n) is 5.48. The lowest BCUT2D eigenvalue weighted by Crippen LogP contribution is -2.21. The third-order valence-electron chi connectivity index (χ3n) is 3.48. The van der Waals surface area contributed by atoms with Gasteiger partial charge in [-0.2, -0.15) is 0 Å². The Morgan fingerprint density at radius 3 is 2.88 bits per heavy atom. The Labute approximate surface area is 144 Å². The molecule has 0 bridgehead atoms. The summed E-state index contributed by atoms with van der Waals surface area (Å²) in [5, 5.41) is 28.7. The Kier molecular flexibility index (Phi) is 6.85. The van der Waals surface area contributed by atoms with Crippen LogP contribution in [0.1, 0.15) is 26.2 Å². The lowest BCUT2D eigenvalue weighted by molar-refractivity contribution is 0.0537. The van der Waals surface area contributed by atoms with Crippen molar-refractivity contribution >= 4 is 11.0 Å². The van der Waals surface area contributed by atoms with Gasteiger partial charge in [0, 0.05) is 0 Å². The molecule has 136 valence electrons. The first-order valence-electron chi connectivity index (χ1n) is 8.10. The second kappa shape index (κ2) is 9.10. The number of benzene rings is 1. The third-order valence-corrected chi connectivity index (χ3v) is 3.48. The van der Waals surface area contributed by atoms with Crippen LogP contribution in [0, 0.1) is 0 Å². The molecule has 1 atom stereocenters. The van der Waals surface area contributed by atoms with Crippen molar-refractivity contribution in [1.82, 2.24) is 0 Å². The van der Waals surface area contributed by atoms with Crippen LogP contribution in [0.25, 0.3) is 11.0 Å². The molecule has 0 aliphatic heterocycles. The van der Waals surface area contributed by atoms with Crippen LogP contribution in [0.3, 0.4) is 0 Å². The topological polar surface area (TPSA) is 109 Å². The number of aliphatic hydroxyl groups is 2. The summed E-state index contributed by atoms with van der Waals surface area (Å²) in [5.74, 6) is -0.477. The predicted molar refractivity (Wildman–Crippen MR) is 92.0 cm³/mol. The van der Waals surface area contributed by atoms with Crippen LogP contribution >= 0.6 is 0 Å². The molecule has 25 heavy (non-hydrogen) atoms. The van der Waals surface area contributed by atoms with Crippen LogP contribution in [0.5, 0.6) is 17.2 Å². The Hall–Kier alpha value is -2.51. The maximum absolute atomic E-state index is 12.1. The van der Waals surface area contributed by atoms with E-state index in [0.29, 0.717) is 0 Å². The van der Waals surface area contributed by atoms with Crippen molar-refractivity contribution in [3.63, 3.8) is 0 Å². The van der Waals surface area contributed by atoms with Gasteiger partial charge in [0.05, 0.1) is 18.3 Å². The molecule has 0 spiro atoms. The minimum atomic E-state index is -1.06. The average molecular weight is 350 g/mol. The molecule has 1 aromatic heterocycles. The molecule has 0 aliphatic carbocycles. The van der Waals surface area contributed by atoms with E-state index in [9.17, 15) is 15.0 Å². The number of unbranched alkanes of at least 4 members (excludes halogenated alkanes) is 2. The molecule has 0 radical (unpaired) electrons. The van der Waals surface area contributed by atoms with Crippen LogP contribution in [0.4, 0.5) is 0 Å². The molecule has 1 unspecified atom stereocenters. The molecule has 7 nitrogen and oxygen atoms in total. The van der Waals surface area contributed by atoms with Crippen molar-refractivity contribution in [3.8, 4) is 17.2 Å². The highest BCUT2D eigenvalue weighted by atomic mass is 16.5. The third kappa shape index (κ3) is 4.74. The summed E-state index contributed by atoms with van der Waals surface area (Å²) in [6, 6.07) is 4.68. The number of fused-ring (bicyclic) bond motifs is 1. The van der Waals surface area contributed by atoms with E-state index < -0.39 is 18.3 Å². The maximum atomic E-state index is 12.1. The Morgan fingerprint density at radius 1 is 1.36 bits per heavy atom. The molecule has 0 fully saturated rings. The predicted octanol–water partition coefficient (Wildman–Crippen LogP) is 2.31. The summed E-state index contributed by atoms with van der Waals surface area (Å²) in [7, 11) is 0. The number of allylic oxidation sites excluding steroid dienone is 1. The zero-order valence-electron chi connectivity index (χ0n) is 14.0. The standard InChI is InChI=1S/C18H22O7/c1-2-3-4-5-9-23-17-15(21)13-7-6-8-14(16(13)25-18(17)22)24-11-12(20)10-19/h5-9,12,19-21H,2-4,10-11H2,1H3. The first kappa shape index (κ1) is 18.8. The van der Waals surface area contributed by atoms with E-state index in [1.165, 1.54) is 12.3 Å². The average Bonchev–Trinajstić information content (AvgIpc) is 2.62. The van der Waals surface area contributed by atoms with E-state index in [2.05, 4.69) is 6.92 Å². The molecular weight excluding hydrogens is 328 g/mol. The number of hydrogen-bond acceptors (Lipinski definition) is 7. The SMILES string of the molecule is CCCCC=COc1c(O)c2cccc(OCC(O)CO)c2oc1=O. The van der Waals surface area contributed by atoms with E-state index in [1.807, 2.05) is 0 Å². The minimum Gasteiger partial charge on any atom is -0.504 e. The molecule has 0 saturated carbocycles. The first-order valence-corrected chi connectivity index (χ1v) is 8.10. The fraction of sp³-hybridized carbons (Fsp3) is 0.389. The second-order valence-corrected chi connectivity index (χ2v) is 5.48. The molecule has 2 aromatic rings. The van der Waals surface area contributed by atoms with Crippen LogP contribution in [0.2, 0.25) is 0 Å². The number of aromatic hydroxyl groups is 1. The van der Waals surface area contributed by atoms with Gasteiger partial charge in [-0.3, -0.25) is 0 Å². The van der Waals surface area contributed by atoms with Crippen molar-refractivity contribution in [2.24, 2.45) is 0 Å². The van der Waals surface area contributed by atoms with Gasteiger partial charge in [0.1, 0.15) is 12.7 Å². The Balaban J connectivity index is 2.30. The van der Waals surface area contributed by atoms with Gasteiger partial charge in [-0.1, -0.05) is 19.4 Å². The number of rotatable bonds is 9. The fourth-order valence-electron chi connectivity index (χ4n) is 2.13. The molecule has 2 rings (SSSR count). The van der Waals surface area contributed by atoms with Crippen LogP contribution < -0.4 is 15.1 Å². The zero-order chi connectivity index (χ0) is 18.2. The van der Waals surface area contributed by atoms with Crippen molar-refractivity contribution in [1.29, 1.82) is 0 Å². The first-order chi connectivity index (χ1) is 12.1. The van der Waals surface area contributed by atoms with Crippen LogP contribution in [0.15, 0.2) is 39.7 Å². The van der Waals surface area contributed by atoms with Gasteiger partial charge in [0.25, 0.3) is 5.75 Å². The summed E-state index contributed by atoms with van der Waals surface area (Å²) in [6.07, 6.45) is 4.90. The van der Waals surface area contributed by atoms with Gasteiger partial charge in [-0.25, -0.2) is 4.79 Å². The van der Waals surface area contributed by atoms with Crippen molar-refractivity contribution in [2.45, 2.75) is 32.3 Å². The van der Waals surface area contributed by atoms with Crippen molar-refractivity contribution < 1.29 is 29.2 Å². The zero-order valence-corrected chi connectivity index (χ0v) is 14.0. The molecule has 0 aliphatic rings. The maximum Gasteiger partial charge on any atom is 0.383 e. The molecular formula is C18H22O7. The fourth-order valence-corrected chi connectivity index (χ4v) is 2.13. The summed E-state index contributed by atoms with van der Waals surface area (Å²) in [4.78, 5) is 12.1. The lowest BCUT2D eigenvalue weighted by atomic mass is 10.2. The summed E-state index contributed by atoms with van der Waals surface area (Å²) in [5.41, 5.74) is -0.804. The molecule has 0 saturated heterocycles. The summed E-state index contributed by atoms with van der Waals surface area (Å²) < 4.78 is 15.8. The largest absolute Gasteiger partial charge is 0.504 e. The van der Waals surface area contributed by atoms with Gasteiger partial charge >= 0.3 is 5.63 Å². The highest BCUT2D eigenvalue weighted by molar-refractivity contribution is 5.89. The number of aliphatic hydroxyl groups excluding tert-OH is 2. The van der Waals surface area contributed by atoms with Crippen molar-refractivity contribution in [2.75, 3.05) is 13.2 Å². The van der Waals surface area contributed by atoms with E-state index in [1.54, 1.807) is 18.2 Å². The Bertz CT molecular complexity index is 779. The monoisotopic (exact) mass is 350 g/mol. The normalized spacial score (nSPS) is 12.6. The number of para-hydroxylation sites is 1.